The Morgan fingerprint density at radius 2 is 0.222 bits per heavy atom. The molecule has 26 heteroatoms. The number of aromatic nitrogens is 20. The SMILES string of the molecule is CCc1ccnc(-c2cc(CC)ccn2)c1.CCc1ccnc(-c2cc(CC)ccn2)c1.CCc1ccnc(-c2cc(CC)ccn2)c1.Cc1ccnc(-c2cc(C)ccn2)c1.Cc1ccnc(-c2cc(C)ccn2)c1.Cc1ccnc(-c2cc(C)ccn2)c1.[Ru].[Ru].[Ru].[Ru].[Ru].[Ru].c1ccc(-c2ccccn2)nc1.c1ccc(-c2ccccn2)nc1.c1ccc(-c2ccccn2)nc1.c1ccc(-c2ccccn2)nc1. The van der Waals surface area contributed by atoms with Crippen molar-refractivity contribution in [2.45, 2.75) is 122 Å². The zero-order valence-corrected chi connectivity index (χ0v) is 93.0. The van der Waals surface area contributed by atoms with E-state index < -0.39 is 0 Å². The largest absolute Gasteiger partial charge is 0.255 e. The fraction of sp³-hybridized carbons (Fsp3) is 0.153. The molecule has 0 radical (unpaired) electrons. The normalized spacial score (nSPS) is 9.64. The number of aryl methyl sites for hydroxylation is 12. The molecule has 0 unspecified atom stereocenters. The summed E-state index contributed by atoms with van der Waals surface area (Å²) in [4.78, 5) is 85.4. The van der Waals surface area contributed by atoms with Crippen LogP contribution in [0.5, 0.6) is 0 Å². The number of pyridine rings is 20. The molecular formula is C118H116N20Ru6. The first kappa shape index (κ1) is 121. The van der Waals surface area contributed by atoms with Crippen LogP contribution in [-0.4, -0.2) is 99.7 Å². The molecule has 20 heterocycles. The van der Waals surface area contributed by atoms with Crippen LogP contribution in [0.15, 0.2) is 415 Å². The van der Waals surface area contributed by atoms with Crippen molar-refractivity contribution >= 4 is 0 Å². The predicted molar refractivity (Wildman–Crippen MR) is 559 cm³/mol. The molecule has 0 aliphatic heterocycles. The molecule has 20 aromatic rings. The van der Waals surface area contributed by atoms with Gasteiger partial charge in [0.15, 0.2) is 0 Å². The van der Waals surface area contributed by atoms with Gasteiger partial charge in [-0.15, -0.1) is 0 Å². The smallest absolute Gasteiger partial charge is 0.0888 e. The van der Waals surface area contributed by atoms with E-state index in [1.54, 1.807) is 49.6 Å². The summed E-state index contributed by atoms with van der Waals surface area (Å²) in [6.07, 6.45) is 42.3. The van der Waals surface area contributed by atoms with E-state index in [1.165, 1.54) is 66.8 Å². The van der Waals surface area contributed by atoms with Gasteiger partial charge in [0.2, 0.25) is 0 Å². The van der Waals surface area contributed by atoms with E-state index in [2.05, 4.69) is 219 Å². The van der Waals surface area contributed by atoms with Gasteiger partial charge in [0.1, 0.15) is 0 Å². The quantitative estimate of drug-likeness (QED) is 0.0814. The summed E-state index contributed by atoms with van der Waals surface area (Å²) in [5.74, 6) is 0. The van der Waals surface area contributed by atoms with Gasteiger partial charge in [0.25, 0.3) is 0 Å². The van der Waals surface area contributed by atoms with Crippen LogP contribution in [0.25, 0.3) is 114 Å². The van der Waals surface area contributed by atoms with Crippen LogP contribution >= 0.6 is 0 Å². The molecule has 0 saturated heterocycles. The van der Waals surface area contributed by atoms with Gasteiger partial charge < -0.3 is 0 Å². The van der Waals surface area contributed by atoms with E-state index >= 15 is 0 Å². The summed E-state index contributed by atoms with van der Waals surface area (Å²) in [5.41, 5.74) is 33.8. The average Bonchev–Trinajstić information content (AvgIpc) is 0.975. The second-order valence-corrected chi connectivity index (χ2v) is 31.4. The van der Waals surface area contributed by atoms with Crippen molar-refractivity contribution in [1.29, 1.82) is 0 Å². The minimum Gasteiger partial charge on any atom is -0.255 e. The summed E-state index contributed by atoms with van der Waals surface area (Å²) in [7, 11) is 0. The van der Waals surface area contributed by atoms with E-state index in [1.807, 2.05) is 329 Å². The third-order valence-corrected chi connectivity index (χ3v) is 20.8. The van der Waals surface area contributed by atoms with Gasteiger partial charge in [-0.2, -0.15) is 0 Å². The Morgan fingerprint density at radius 3 is 0.319 bits per heavy atom. The third-order valence-electron chi connectivity index (χ3n) is 20.8. The molecule has 0 saturated carbocycles. The molecule has 20 nitrogen and oxygen atoms in total. The van der Waals surface area contributed by atoms with Gasteiger partial charge in [-0.05, 0) is 389 Å². The van der Waals surface area contributed by atoms with Crippen LogP contribution < -0.4 is 0 Å². The number of hydrogen-bond donors (Lipinski definition) is 0. The Morgan fingerprint density at radius 1 is 0.118 bits per heavy atom. The Labute approximate surface area is 925 Å². The molecule has 0 N–H and O–H groups in total. The van der Waals surface area contributed by atoms with E-state index in [9.17, 15) is 0 Å². The molecule has 0 spiro atoms. The molecule has 0 aromatic carbocycles. The van der Waals surface area contributed by atoms with Gasteiger partial charge in [-0.3, -0.25) is 99.7 Å². The Balaban J connectivity index is 0.000000281. The van der Waals surface area contributed by atoms with Crippen molar-refractivity contribution < 1.29 is 117 Å². The molecule has 0 aliphatic rings. The predicted octanol–water partition coefficient (Wildman–Crippen LogP) is 26.6. The molecule has 0 bridgehead atoms. The summed E-state index contributed by atoms with van der Waals surface area (Å²) in [5, 5.41) is 0. The van der Waals surface area contributed by atoms with E-state index in [0.717, 1.165) is 152 Å². The van der Waals surface area contributed by atoms with Gasteiger partial charge in [-0.1, -0.05) is 90.1 Å². The van der Waals surface area contributed by atoms with Crippen LogP contribution in [0.4, 0.5) is 0 Å². The summed E-state index contributed by atoms with van der Waals surface area (Å²) in [6, 6.07) is 95.5. The molecule has 736 valence electrons. The minimum absolute atomic E-state index is 0. The fourth-order valence-electron chi connectivity index (χ4n) is 13.2. The summed E-state index contributed by atoms with van der Waals surface area (Å²) >= 11 is 0. The Kier molecular flexibility index (Phi) is 57.9. The zero-order chi connectivity index (χ0) is 96.9. The molecule has 20 aromatic heterocycles. The zero-order valence-electron chi connectivity index (χ0n) is 82.6. The van der Waals surface area contributed by atoms with Gasteiger partial charge >= 0.3 is 0 Å². The summed E-state index contributed by atoms with van der Waals surface area (Å²) < 4.78 is 0. The Hall–Kier alpha value is -13.3. The fourth-order valence-corrected chi connectivity index (χ4v) is 13.2. The topological polar surface area (TPSA) is 258 Å². The van der Waals surface area contributed by atoms with Crippen LogP contribution in [0, 0.1) is 41.5 Å². The van der Waals surface area contributed by atoms with Gasteiger partial charge in [0, 0.05) is 241 Å². The van der Waals surface area contributed by atoms with Crippen molar-refractivity contribution in [3.63, 3.8) is 0 Å². The van der Waals surface area contributed by atoms with Crippen molar-refractivity contribution in [2.75, 3.05) is 0 Å². The van der Waals surface area contributed by atoms with Crippen LogP contribution in [0.2, 0.25) is 0 Å². The number of nitrogens with zero attached hydrogens (tertiary/aromatic N) is 20. The van der Waals surface area contributed by atoms with Crippen molar-refractivity contribution in [1.82, 2.24) is 99.7 Å². The van der Waals surface area contributed by atoms with Gasteiger partial charge in [0.05, 0.1) is 114 Å². The minimum atomic E-state index is 0. The Bertz CT molecular complexity index is 5810. The second kappa shape index (κ2) is 68.8. The first-order valence-electron chi connectivity index (χ1n) is 46.2. The summed E-state index contributed by atoms with van der Waals surface area (Å²) in [6.45, 7) is 25.2. The van der Waals surface area contributed by atoms with E-state index in [4.69, 9.17) is 0 Å². The van der Waals surface area contributed by atoms with Crippen LogP contribution in [0.3, 0.4) is 0 Å². The number of rotatable bonds is 16. The monoisotopic (exact) mass is 2420 g/mol. The number of hydrogen-bond acceptors (Lipinski definition) is 20. The molecular weight excluding hydrogens is 2300 g/mol. The molecule has 0 fully saturated rings. The maximum absolute atomic E-state index is 4.37. The maximum Gasteiger partial charge on any atom is 0.0888 e. The van der Waals surface area contributed by atoms with E-state index in [0.29, 0.717) is 0 Å². The second-order valence-electron chi connectivity index (χ2n) is 31.4. The average molecular weight is 2420 g/mol. The standard InChI is InChI=1S/3C14H16N2.3C12H12N2.4C10H8N2.6Ru/c3*1-3-11-5-7-15-13(9-11)14-10-12(4-2)6-8-16-14;3*1-9-3-5-13-11(7-9)12-8-10(2)4-6-14-12;4*1-3-7-11-9(5-1)10-6-2-4-8-12-10;;;;;;/h3*5-10H,3-4H2,1-2H3;3*3-8H,1-2H3;4*1-8H;;;;;;. The van der Waals surface area contributed by atoms with Gasteiger partial charge in [-0.25, -0.2) is 0 Å². The molecule has 0 aliphatic carbocycles. The molecule has 0 atom stereocenters. The maximum atomic E-state index is 4.37. The van der Waals surface area contributed by atoms with Crippen LogP contribution in [-0.2, 0) is 155 Å². The first-order valence-corrected chi connectivity index (χ1v) is 46.2. The molecule has 144 heavy (non-hydrogen) atoms. The molecule has 20 rings (SSSR count). The van der Waals surface area contributed by atoms with E-state index in [-0.39, 0.29) is 117 Å². The molecule has 0 amide bonds. The van der Waals surface area contributed by atoms with Crippen LogP contribution in [0.1, 0.15) is 108 Å². The third kappa shape index (κ3) is 42.3. The van der Waals surface area contributed by atoms with Crippen molar-refractivity contribution in [3.05, 3.63) is 482 Å². The van der Waals surface area contributed by atoms with Crippen molar-refractivity contribution in [2.24, 2.45) is 0 Å². The first-order chi connectivity index (χ1) is 67.6. The van der Waals surface area contributed by atoms with Crippen molar-refractivity contribution in [3.8, 4) is 114 Å².